The quantitative estimate of drug-likeness (QED) is 0.317. The van der Waals surface area contributed by atoms with Crippen LogP contribution in [-0.4, -0.2) is 49.5 Å². The van der Waals surface area contributed by atoms with Gasteiger partial charge in [0.2, 0.25) is 5.91 Å². The standard InChI is InChI=1S/C15H28N4O.HI/c1-12-5-4-10-19(11-12)15(16-2)17-9-3-6-14(20)18-13-7-8-13;/h12-13H,3-11H2,1-2H3,(H,16,17)(H,18,20);1H. The van der Waals surface area contributed by atoms with E-state index in [-0.39, 0.29) is 29.9 Å². The van der Waals surface area contributed by atoms with E-state index in [9.17, 15) is 4.79 Å². The van der Waals surface area contributed by atoms with Crippen LogP contribution in [0.2, 0.25) is 0 Å². The zero-order valence-corrected chi connectivity index (χ0v) is 15.6. The van der Waals surface area contributed by atoms with Crippen LogP contribution in [0.15, 0.2) is 4.99 Å². The van der Waals surface area contributed by atoms with Gasteiger partial charge in [0, 0.05) is 39.1 Å². The van der Waals surface area contributed by atoms with Gasteiger partial charge in [-0.1, -0.05) is 6.92 Å². The second kappa shape index (κ2) is 9.48. The number of aliphatic imine (C=N–C) groups is 1. The van der Waals surface area contributed by atoms with Crippen LogP contribution >= 0.6 is 24.0 Å². The van der Waals surface area contributed by atoms with E-state index in [1.807, 2.05) is 7.05 Å². The van der Waals surface area contributed by atoms with Gasteiger partial charge in [0.05, 0.1) is 0 Å². The molecule has 1 atom stereocenters. The lowest BCUT2D eigenvalue weighted by Crippen LogP contribution is -2.46. The molecule has 2 aliphatic rings. The van der Waals surface area contributed by atoms with Gasteiger partial charge in [0.15, 0.2) is 5.96 Å². The first-order chi connectivity index (χ1) is 9.69. The van der Waals surface area contributed by atoms with Crippen molar-refractivity contribution in [1.82, 2.24) is 15.5 Å². The Morgan fingerprint density at radius 2 is 2.10 bits per heavy atom. The van der Waals surface area contributed by atoms with E-state index in [1.165, 1.54) is 12.8 Å². The lowest BCUT2D eigenvalue weighted by atomic mass is 10.0. The number of guanidine groups is 1. The van der Waals surface area contributed by atoms with Crippen LogP contribution in [0.1, 0.15) is 45.4 Å². The van der Waals surface area contributed by atoms with Crippen molar-refractivity contribution in [2.45, 2.75) is 51.5 Å². The van der Waals surface area contributed by atoms with Crippen molar-refractivity contribution >= 4 is 35.8 Å². The fourth-order valence-electron chi connectivity index (χ4n) is 2.69. The highest BCUT2D eigenvalue weighted by molar-refractivity contribution is 14.0. The van der Waals surface area contributed by atoms with Gasteiger partial charge in [-0.25, -0.2) is 0 Å². The summed E-state index contributed by atoms with van der Waals surface area (Å²) in [4.78, 5) is 18.3. The van der Waals surface area contributed by atoms with Crippen LogP contribution in [0.3, 0.4) is 0 Å². The molecule has 0 spiro atoms. The second-order valence-corrected chi connectivity index (χ2v) is 6.11. The zero-order chi connectivity index (χ0) is 14.4. The molecular formula is C15H29IN4O. The number of carbonyl (C=O) groups is 1. The monoisotopic (exact) mass is 408 g/mol. The molecule has 5 nitrogen and oxygen atoms in total. The lowest BCUT2D eigenvalue weighted by molar-refractivity contribution is -0.121. The number of piperidine rings is 1. The number of hydrogen-bond acceptors (Lipinski definition) is 2. The molecule has 1 unspecified atom stereocenters. The molecule has 2 N–H and O–H groups in total. The Hall–Kier alpha value is -0.530. The van der Waals surface area contributed by atoms with Crippen molar-refractivity contribution in [1.29, 1.82) is 0 Å². The van der Waals surface area contributed by atoms with Gasteiger partial charge in [0.25, 0.3) is 0 Å². The molecule has 1 heterocycles. The average Bonchev–Trinajstić information content (AvgIpc) is 3.22. The lowest BCUT2D eigenvalue weighted by Gasteiger charge is -2.33. The first kappa shape index (κ1) is 18.5. The summed E-state index contributed by atoms with van der Waals surface area (Å²) in [6, 6.07) is 0.470. The topological polar surface area (TPSA) is 56.7 Å². The Morgan fingerprint density at radius 1 is 1.33 bits per heavy atom. The molecule has 1 saturated heterocycles. The van der Waals surface area contributed by atoms with E-state index in [0.29, 0.717) is 12.5 Å². The number of halogens is 1. The maximum atomic E-state index is 11.6. The van der Waals surface area contributed by atoms with E-state index < -0.39 is 0 Å². The van der Waals surface area contributed by atoms with Crippen molar-refractivity contribution in [2.75, 3.05) is 26.7 Å². The van der Waals surface area contributed by atoms with E-state index in [1.54, 1.807) is 0 Å². The minimum atomic E-state index is 0. The van der Waals surface area contributed by atoms with Gasteiger partial charge in [-0.15, -0.1) is 24.0 Å². The summed E-state index contributed by atoms with van der Waals surface area (Å²) >= 11 is 0. The van der Waals surface area contributed by atoms with Crippen LogP contribution in [-0.2, 0) is 4.79 Å². The van der Waals surface area contributed by atoms with Crippen molar-refractivity contribution in [3.05, 3.63) is 0 Å². The summed E-state index contributed by atoms with van der Waals surface area (Å²) in [5.41, 5.74) is 0. The Kier molecular flexibility index (Phi) is 8.36. The average molecular weight is 408 g/mol. The summed E-state index contributed by atoms with van der Waals surface area (Å²) in [5.74, 6) is 1.92. The van der Waals surface area contributed by atoms with Crippen molar-refractivity contribution in [3.63, 3.8) is 0 Å². The van der Waals surface area contributed by atoms with Gasteiger partial charge in [-0.05, 0) is 38.0 Å². The largest absolute Gasteiger partial charge is 0.356 e. The molecule has 1 aliphatic heterocycles. The predicted octanol–water partition coefficient (Wildman–Crippen LogP) is 1.97. The summed E-state index contributed by atoms with van der Waals surface area (Å²) in [5, 5.41) is 6.40. The number of amides is 1. The van der Waals surface area contributed by atoms with E-state index in [0.717, 1.165) is 50.8 Å². The fourth-order valence-corrected chi connectivity index (χ4v) is 2.69. The third kappa shape index (κ3) is 6.84. The van der Waals surface area contributed by atoms with Gasteiger partial charge < -0.3 is 15.5 Å². The third-order valence-corrected chi connectivity index (χ3v) is 3.97. The fraction of sp³-hybridized carbons (Fsp3) is 0.867. The first-order valence-electron chi connectivity index (χ1n) is 7.94. The minimum Gasteiger partial charge on any atom is -0.356 e. The van der Waals surface area contributed by atoms with Crippen LogP contribution < -0.4 is 10.6 Å². The molecule has 1 amide bonds. The van der Waals surface area contributed by atoms with Gasteiger partial charge in [-0.2, -0.15) is 0 Å². The Labute approximate surface area is 145 Å². The molecule has 1 saturated carbocycles. The number of nitrogens with zero attached hydrogens (tertiary/aromatic N) is 2. The normalized spacial score (nSPS) is 22.5. The maximum absolute atomic E-state index is 11.6. The van der Waals surface area contributed by atoms with Gasteiger partial charge in [0.1, 0.15) is 0 Å². The molecule has 2 fully saturated rings. The van der Waals surface area contributed by atoms with E-state index in [4.69, 9.17) is 0 Å². The minimum absolute atomic E-state index is 0. The number of likely N-dealkylation sites (tertiary alicyclic amines) is 1. The summed E-state index contributed by atoms with van der Waals surface area (Å²) in [6.45, 7) is 5.28. The second-order valence-electron chi connectivity index (χ2n) is 6.11. The number of carbonyl (C=O) groups excluding carboxylic acids is 1. The van der Waals surface area contributed by atoms with Crippen molar-refractivity contribution in [3.8, 4) is 0 Å². The first-order valence-corrected chi connectivity index (χ1v) is 7.94. The van der Waals surface area contributed by atoms with Crippen LogP contribution in [0.4, 0.5) is 0 Å². The van der Waals surface area contributed by atoms with Crippen molar-refractivity contribution < 1.29 is 4.79 Å². The van der Waals surface area contributed by atoms with Crippen LogP contribution in [0.25, 0.3) is 0 Å². The smallest absolute Gasteiger partial charge is 0.220 e. The molecule has 0 aromatic rings. The molecule has 6 heteroatoms. The summed E-state index contributed by atoms with van der Waals surface area (Å²) in [6.07, 6.45) is 6.34. The van der Waals surface area contributed by atoms with Crippen LogP contribution in [0, 0.1) is 5.92 Å². The number of nitrogens with one attached hydrogen (secondary N) is 2. The number of hydrogen-bond donors (Lipinski definition) is 2. The Morgan fingerprint density at radius 3 is 2.71 bits per heavy atom. The third-order valence-electron chi connectivity index (χ3n) is 3.97. The zero-order valence-electron chi connectivity index (χ0n) is 13.2. The van der Waals surface area contributed by atoms with Gasteiger partial charge in [-0.3, -0.25) is 9.79 Å². The summed E-state index contributed by atoms with van der Waals surface area (Å²) in [7, 11) is 1.83. The maximum Gasteiger partial charge on any atom is 0.220 e. The Bertz CT molecular complexity index is 358. The predicted molar refractivity (Wildman–Crippen MR) is 97.1 cm³/mol. The number of rotatable bonds is 5. The molecule has 21 heavy (non-hydrogen) atoms. The molecule has 0 aromatic carbocycles. The van der Waals surface area contributed by atoms with E-state index >= 15 is 0 Å². The molecular weight excluding hydrogens is 379 g/mol. The van der Waals surface area contributed by atoms with E-state index in [2.05, 4.69) is 27.4 Å². The molecule has 0 radical (unpaired) electrons. The molecule has 1 aliphatic carbocycles. The molecule has 0 bridgehead atoms. The van der Waals surface area contributed by atoms with Crippen LogP contribution in [0.5, 0.6) is 0 Å². The highest BCUT2D eigenvalue weighted by Crippen LogP contribution is 2.18. The van der Waals surface area contributed by atoms with Crippen molar-refractivity contribution in [2.24, 2.45) is 10.9 Å². The molecule has 122 valence electrons. The highest BCUT2D eigenvalue weighted by Gasteiger charge is 2.23. The SMILES string of the molecule is CN=C(NCCCC(=O)NC1CC1)N1CCCC(C)C1.I. The highest BCUT2D eigenvalue weighted by atomic mass is 127. The van der Waals surface area contributed by atoms with Gasteiger partial charge >= 0.3 is 0 Å². The molecule has 0 aromatic heterocycles. The summed E-state index contributed by atoms with van der Waals surface area (Å²) < 4.78 is 0. The Balaban J connectivity index is 0.00000220. The molecule has 2 rings (SSSR count).